The Hall–Kier alpha value is -4.72. The van der Waals surface area contributed by atoms with Crippen LogP contribution in [0.4, 0.5) is 0 Å². The molecule has 0 saturated heterocycles. The summed E-state index contributed by atoms with van der Waals surface area (Å²) in [5, 5.41) is 93.9. The van der Waals surface area contributed by atoms with Gasteiger partial charge in [-0.15, -0.1) is 0 Å². The van der Waals surface area contributed by atoms with Gasteiger partial charge >= 0.3 is 0 Å². The van der Waals surface area contributed by atoms with Gasteiger partial charge in [0.05, 0.1) is 0 Å². The van der Waals surface area contributed by atoms with Crippen LogP contribution < -0.4 is 0 Å². The summed E-state index contributed by atoms with van der Waals surface area (Å²) >= 11 is 0. The minimum Gasteiger partial charge on any atom is -0.508 e. The van der Waals surface area contributed by atoms with Crippen molar-refractivity contribution in [3.63, 3.8) is 0 Å². The zero-order valence-electron chi connectivity index (χ0n) is 33.8. The molecule has 8 N–H and O–H groups in total. The highest BCUT2D eigenvalue weighted by Crippen LogP contribution is 2.53. The van der Waals surface area contributed by atoms with Crippen molar-refractivity contribution < 1.29 is 40.9 Å². The SMILES string of the molecule is CCCCCC1c2cc(c(O)cc2O)C(CCCCC)c2ccc(c(O)c2O)C(CCCCC)c2cc(c(O)cc2O)C(CCCCC)c2ccc1c(O)c2O. The largest absolute Gasteiger partial charge is 0.508 e. The van der Waals surface area contributed by atoms with Crippen LogP contribution in [0, 0.1) is 0 Å². The van der Waals surface area contributed by atoms with Crippen LogP contribution >= 0.6 is 0 Å². The number of unbranched alkanes of at least 4 members (excludes halogenated alkanes) is 8. The lowest BCUT2D eigenvalue weighted by molar-refractivity contribution is 0.384. The van der Waals surface area contributed by atoms with Crippen LogP contribution in [-0.4, -0.2) is 40.9 Å². The second kappa shape index (κ2) is 19.4. The maximum atomic E-state index is 12.0. The molecule has 0 saturated carbocycles. The van der Waals surface area contributed by atoms with E-state index >= 15 is 0 Å². The smallest absolute Gasteiger partial charge is 0.161 e. The van der Waals surface area contributed by atoms with Crippen LogP contribution in [0.15, 0.2) is 48.5 Å². The van der Waals surface area contributed by atoms with Crippen molar-refractivity contribution >= 4 is 0 Å². The fourth-order valence-electron chi connectivity index (χ4n) is 8.99. The third-order valence-corrected chi connectivity index (χ3v) is 12.2. The van der Waals surface area contributed by atoms with Crippen LogP contribution in [0.3, 0.4) is 0 Å². The zero-order chi connectivity index (χ0) is 40.5. The fourth-order valence-corrected chi connectivity index (χ4v) is 8.99. The minimum atomic E-state index is -0.559. The molecule has 4 aliphatic carbocycles. The molecule has 0 aliphatic heterocycles. The lowest BCUT2D eigenvalue weighted by Crippen LogP contribution is -2.10. The summed E-state index contributed by atoms with van der Waals surface area (Å²) in [7, 11) is 0. The average molecular weight is 769 g/mol. The molecule has 0 aromatic heterocycles. The molecule has 4 aliphatic rings. The molecule has 0 radical (unpaired) electrons. The molecule has 8 bridgehead atoms. The van der Waals surface area contributed by atoms with Crippen molar-refractivity contribution in [3.8, 4) is 46.0 Å². The van der Waals surface area contributed by atoms with Crippen LogP contribution in [0.5, 0.6) is 46.0 Å². The monoisotopic (exact) mass is 768 g/mol. The van der Waals surface area contributed by atoms with Gasteiger partial charge in [-0.3, -0.25) is 0 Å². The van der Waals surface area contributed by atoms with E-state index in [1.807, 2.05) is 0 Å². The lowest BCUT2D eigenvalue weighted by atomic mass is 9.77. The Kier molecular flexibility index (Phi) is 14.7. The number of phenolic OH excluding ortho intramolecular Hbond substituents is 8. The first-order chi connectivity index (χ1) is 27.0. The standard InChI is InChI=1S/C48H64O8/c1-5-9-13-17-29-33-21-22-34(46(54)45(33)53)31(19-15-11-7-3)39-26-40(44(52)28-43(39)51)32(20-16-12-8-4)36-24-23-35(47(55)48(36)56)30(18-14-10-6-2)38-25-37(29)41(49)27-42(38)50/h21-32,49-56H,5-20H2,1-4H3. The molecule has 4 atom stereocenters. The Morgan fingerprint density at radius 1 is 0.304 bits per heavy atom. The Morgan fingerprint density at radius 3 is 0.714 bits per heavy atom. The molecule has 0 fully saturated rings. The zero-order valence-corrected chi connectivity index (χ0v) is 33.8. The van der Waals surface area contributed by atoms with E-state index < -0.39 is 23.7 Å². The lowest BCUT2D eigenvalue weighted by Gasteiger charge is -2.29. The Balaban J connectivity index is 1.88. The predicted molar refractivity (Wildman–Crippen MR) is 223 cm³/mol. The first-order valence-electron chi connectivity index (χ1n) is 21.2. The van der Waals surface area contributed by atoms with Crippen molar-refractivity contribution in [2.45, 2.75) is 154 Å². The van der Waals surface area contributed by atoms with Gasteiger partial charge in [-0.2, -0.15) is 0 Å². The number of hydrogen-bond donors (Lipinski definition) is 8. The van der Waals surface area contributed by atoms with Crippen LogP contribution in [0.2, 0.25) is 0 Å². The predicted octanol–water partition coefficient (Wildman–Crippen LogP) is 12.5. The third-order valence-electron chi connectivity index (χ3n) is 12.2. The van der Waals surface area contributed by atoms with Gasteiger partial charge in [0.25, 0.3) is 0 Å². The van der Waals surface area contributed by atoms with E-state index in [9.17, 15) is 40.9 Å². The van der Waals surface area contributed by atoms with Gasteiger partial charge in [0, 0.05) is 80.3 Å². The Morgan fingerprint density at radius 2 is 0.518 bits per heavy atom. The molecule has 4 unspecified atom stereocenters. The fraction of sp³-hybridized carbons (Fsp3) is 0.500. The second-order valence-corrected chi connectivity index (χ2v) is 16.0. The molecule has 56 heavy (non-hydrogen) atoms. The van der Waals surface area contributed by atoms with Gasteiger partial charge in [-0.05, 0) is 37.8 Å². The molecule has 8 rings (SSSR count). The molecular formula is C48H64O8. The quantitative estimate of drug-likeness (QED) is 0.0413. The molecule has 0 amide bonds. The summed E-state index contributed by atoms with van der Waals surface area (Å²) in [5.74, 6) is -4.01. The number of rotatable bonds is 16. The summed E-state index contributed by atoms with van der Waals surface area (Å²) in [4.78, 5) is 0. The van der Waals surface area contributed by atoms with Gasteiger partial charge in [0.15, 0.2) is 23.0 Å². The number of phenols is 8. The van der Waals surface area contributed by atoms with Gasteiger partial charge in [0.1, 0.15) is 23.0 Å². The van der Waals surface area contributed by atoms with E-state index in [0.717, 1.165) is 77.0 Å². The van der Waals surface area contributed by atoms with Gasteiger partial charge in [-0.25, -0.2) is 0 Å². The summed E-state index contributed by atoms with van der Waals surface area (Å²) in [6, 6.07) is 13.4. The maximum absolute atomic E-state index is 12.0. The van der Waals surface area contributed by atoms with Gasteiger partial charge in [0.2, 0.25) is 0 Å². The highest BCUT2D eigenvalue weighted by Gasteiger charge is 2.33. The average Bonchev–Trinajstić information content (AvgIpc) is 3.17. The van der Waals surface area contributed by atoms with Crippen LogP contribution in [-0.2, 0) is 0 Å². The van der Waals surface area contributed by atoms with Crippen molar-refractivity contribution in [1.29, 1.82) is 0 Å². The molecular weight excluding hydrogens is 705 g/mol. The van der Waals surface area contributed by atoms with E-state index in [0.29, 0.717) is 70.2 Å². The molecule has 4 aromatic carbocycles. The summed E-state index contributed by atoms with van der Waals surface area (Å²) in [6.07, 6.45) is 12.7. The molecule has 8 heteroatoms. The van der Waals surface area contributed by atoms with E-state index in [1.165, 1.54) is 12.1 Å². The maximum Gasteiger partial charge on any atom is 0.161 e. The summed E-state index contributed by atoms with van der Waals surface area (Å²) in [5.41, 5.74) is 3.65. The highest BCUT2D eigenvalue weighted by atomic mass is 16.3. The third kappa shape index (κ3) is 8.95. The molecule has 4 aromatic rings. The molecule has 8 nitrogen and oxygen atoms in total. The Bertz CT molecular complexity index is 1670. The summed E-state index contributed by atoms with van der Waals surface area (Å²) < 4.78 is 0. The number of aromatic hydroxyl groups is 8. The van der Waals surface area contributed by atoms with Crippen molar-refractivity contribution in [1.82, 2.24) is 0 Å². The van der Waals surface area contributed by atoms with Gasteiger partial charge < -0.3 is 40.9 Å². The normalized spacial score (nSPS) is 17.9. The van der Waals surface area contributed by atoms with Crippen molar-refractivity contribution in [3.05, 3.63) is 93.0 Å². The van der Waals surface area contributed by atoms with E-state index in [1.54, 1.807) is 36.4 Å². The molecule has 304 valence electrons. The first kappa shape index (κ1) is 42.4. The first-order valence-corrected chi connectivity index (χ1v) is 21.2. The number of benzene rings is 4. The number of hydrogen-bond acceptors (Lipinski definition) is 8. The second-order valence-electron chi connectivity index (χ2n) is 16.0. The van der Waals surface area contributed by atoms with Crippen LogP contribution in [0.1, 0.15) is 199 Å². The molecule has 0 heterocycles. The van der Waals surface area contributed by atoms with E-state index in [4.69, 9.17) is 0 Å². The van der Waals surface area contributed by atoms with E-state index in [-0.39, 0.29) is 46.0 Å². The Labute approximate surface area is 333 Å². The van der Waals surface area contributed by atoms with Crippen molar-refractivity contribution in [2.24, 2.45) is 0 Å². The van der Waals surface area contributed by atoms with Crippen LogP contribution in [0.25, 0.3) is 0 Å². The highest BCUT2D eigenvalue weighted by molar-refractivity contribution is 5.63. The van der Waals surface area contributed by atoms with E-state index in [2.05, 4.69) is 27.7 Å². The minimum absolute atomic E-state index is 0.145. The van der Waals surface area contributed by atoms with Crippen molar-refractivity contribution in [2.75, 3.05) is 0 Å². The molecule has 0 spiro atoms. The topological polar surface area (TPSA) is 162 Å². The van der Waals surface area contributed by atoms with Gasteiger partial charge in [-0.1, -0.05) is 129 Å². The summed E-state index contributed by atoms with van der Waals surface area (Å²) in [6.45, 7) is 8.40.